The van der Waals surface area contributed by atoms with Gasteiger partial charge in [0.15, 0.2) is 12.1 Å². The summed E-state index contributed by atoms with van der Waals surface area (Å²) in [5, 5.41) is 13.1. The quantitative estimate of drug-likeness (QED) is 0.0784. The molecular formula is C23H32N4O6. The van der Waals surface area contributed by atoms with Gasteiger partial charge in [-0.25, -0.2) is 5.48 Å². The first kappa shape index (κ1) is 26.2. The minimum absolute atomic E-state index is 0.263. The lowest BCUT2D eigenvalue weighted by atomic mass is 10.1. The molecule has 10 heteroatoms. The Labute approximate surface area is 193 Å². The van der Waals surface area contributed by atoms with Crippen molar-refractivity contribution in [3.05, 3.63) is 48.4 Å². The summed E-state index contributed by atoms with van der Waals surface area (Å²) in [5.41, 5.74) is 4.45. The fraction of sp³-hybridized carbons (Fsp3) is 0.478. The van der Waals surface area contributed by atoms with Gasteiger partial charge in [-0.05, 0) is 38.3 Å². The van der Waals surface area contributed by atoms with Gasteiger partial charge in [0.2, 0.25) is 11.7 Å². The third kappa shape index (κ3) is 9.94. The molecule has 1 unspecified atom stereocenters. The van der Waals surface area contributed by atoms with E-state index in [-0.39, 0.29) is 12.4 Å². The third-order valence-corrected chi connectivity index (χ3v) is 4.34. The molecule has 2 aromatic rings. The van der Waals surface area contributed by atoms with Crippen LogP contribution < -0.4 is 5.48 Å². The Morgan fingerprint density at radius 2 is 2.15 bits per heavy atom. The summed E-state index contributed by atoms with van der Waals surface area (Å²) in [7, 11) is 0. The molecule has 33 heavy (non-hydrogen) atoms. The molecule has 0 bridgehead atoms. The number of nitrogens with zero attached hydrogens (tertiary/aromatic N) is 3. The van der Waals surface area contributed by atoms with Crippen molar-refractivity contribution in [1.82, 2.24) is 15.6 Å². The predicted molar refractivity (Wildman–Crippen MR) is 122 cm³/mol. The van der Waals surface area contributed by atoms with E-state index in [1.54, 1.807) is 6.92 Å². The van der Waals surface area contributed by atoms with Gasteiger partial charge in [0.25, 0.3) is 0 Å². The van der Waals surface area contributed by atoms with Gasteiger partial charge in [-0.15, -0.1) is 0 Å². The molecule has 180 valence electrons. The van der Waals surface area contributed by atoms with Crippen LogP contribution >= 0.6 is 0 Å². The highest BCUT2D eigenvalue weighted by atomic mass is 16.6. The van der Waals surface area contributed by atoms with Crippen molar-refractivity contribution in [2.24, 2.45) is 4.99 Å². The Balaban J connectivity index is 1.80. The van der Waals surface area contributed by atoms with Gasteiger partial charge in [0.05, 0.1) is 19.8 Å². The zero-order chi connectivity index (χ0) is 23.9. The molecule has 0 saturated heterocycles. The van der Waals surface area contributed by atoms with E-state index in [1.165, 1.54) is 6.08 Å². The van der Waals surface area contributed by atoms with Gasteiger partial charge < -0.3 is 19.1 Å². The fourth-order valence-electron chi connectivity index (χ4n) is 2.69. The molecule has 1 atom stereocenters. The number of aliphatic hydroxyl groups excluding tert-OH is 1. The van der Waals surface area contributed by atoms with Crippen molar-refractivity contribution < 1.29 is 28.7 Å². The number of aryl methyl sites for hydroxylation is 1. The number of amidine groups is 1. The Kier molecular flexibility index (Phi) is 11.8. The average molecular weight is 461 g/mol. The minimum atomic E-state index is -0.958. The van der Waals surface area contributed by atoms with Crippen LogP contribution in [0, 0.1) is 6.92 Å². The highest BCUT2D eigenvalue weighted by Crippen LogP contribution is 2.17. The standard InChI is InChI=1S/C23H32N4O6/c1-4-20(28)30-14-6-7-15-31-21(29)12-9-13-24-22(26-32-5-2)18-10-8-11-19(16-18)23-25-17(3)33-27-23/h4,8,10-11,16,20,28H,1,5-7,9,12-15H2,2-3H3,(H,24,26). The summed E-state index contributed by atoms with van der Waals surface area (Å²) in [6.07, 6.45) is 2.49. The highest BCUT2D eigenvalue weighted by molar-refractivity contribution is 5.99. The number of unbranched alkanes of at least 4 members (excludes halogenated alkanes) is 1. The van der Waals surface area contributed by atoms with Crippen molar-refractivity contribution in [3.8, 4) is 11.4 Å². The molecule has 2 rings (SSSR count). The normalized spacial score (nSPS) is 12.4. The van der Waals surface area contributed by atoms with Crippen LogP contribution in [0.2, 0.25) is 0 Å². The number of hydroxylamine groups is 1. The van der Waals surface area contributed by atoms with Crippen molar-refractivity contribution in [3.63, 3.8) is 0 Å². The zero-order valence-electron chi connectivity index (χ0n) is 19.2. The van der Waals surface area contributed by atoms with Gasteiger partial charge in [0, 0.05) is 31.0 Å². The van der Waals surface area contributed by atoms with E-state index in [1.807, 2.05) is 31.2 Å². The average Bonchev–Trinajstić information content (AvgIpc) is 3.27. The van der Waals surface area contributed by atoms with Crippen LogP contribution in [0.3, 0.4) is 0 Å². The number of aromatic nitrogens is 2. The van der Waals surface area contributed by atoms with Crippen molar-refractivity contribution >= 4 is 11.8 Å². The maximum Gasteiger partial charge on any atom is 0.305 e. The summed E-state index contributed by atoms with van der Waals surface area (Å²) < 4.78 is 15.3. The Morgan fingerprint density at radius 3 is 2.88 bits per heavy atom. The third-order valence-electron chi connectivity index (χ3n) is 4.34. The molecule has 0 aliphatic rings. The number of hydrogen-bond donors (Lipinski definition) is 2. The molecule has 0 radical (unpaired) electrons. The second kappa shape index (κ2) is 14.9. The fourth-order valence-corrected chi connectivity index (χ4v) is 2.69. The highest BCUT2D eigenvalue weighted by Gasteiger charge is 2.10. The zero-order valence-corrected chi connectivity index (χ0v) is 19.2. The van der Waals surface area contributed by atoms with Crippen LogP contribution in [0.5, 0.6) is 0 Å². The Bertz CT molecular complexity index is 899. The van der Waals surface area contributed by atoms with Gasteiger partial charge in [-0.1, -0.05) is 29.9 Å². The molecular weight excluding hydrogens is 428 g/mol. The maximum absolute atomic E-state index is 11.9. The largest absolute Gasteiger partial charge is 0.466 e. The molecule has 0 spiro atoms. The van der Waals surface area contributed by atoms with E-state index in [2.05, 4.69) is 27.2 Å². The molecule has 2 N–H and O–H groups in total. The van der Waals surface area contributed by atoms with E-state index in [0.717, 1.165) is 11.1 Å². The minimum Gasteiger partial charge on any atom is -0.466 e. The number of aliphatic imine (C=N–C) groups is 1. The number of hydrogen-bond acceptors (Lipinski definition) is 9. The first-order valence-corrected chi connectivity index (χ1v) is 10.9. The Morgan fingerprint density at radius 1 is 1.33 bits per heavy atom. The van der Waals surface area contributed by atoms with Crippen molar-refractivity contribution in [2.75, 3.05) is 26.4 Å². The first-order chi connectivity index (χ1) is 16.0. The number of carbonyl (C=O) groups excluding carboxylic acids is 1. The lowest BCUT2D eigenvalue weighted by molar-refractivity contribution is -0.144. The summed E-state index contributed by atoms with van der Waals surface area (Å²) in [4.78, 5) is 26.0. The monoisotopic (exact) mass is 460 g/mol. The van der Waals surface area contributed by atoms with E-state index < -0.39 is 6.29 Å². The molecule has 1 aromatic carbocycles. The molecule has 1 heterocycles. The van der Waals surface area contributed by atoms with E-state index >= 15 is 0 Å². The maximum atomic E-state index is 11.9. The van der Waals surface area contributed by atoms with Crippen LogP contribution in [0.4, 0.5) is 0 Å². The molecule has 0 aliphatic heterocycles. The predicted octanol–water partition coefficient (Wildman–Crippen LogP) is 2.96. The van der Waals surface area contributed by atoms with Crippen molar-refractivity contribution in [2.45, 2.75) is 45.8 Å². The molecule has 0 aliphatic carbocycles. The molecule has 10 nitrogen and oxygen atoms in total. The second-order valence-corrected chi connectivity index (χ2v) is 7.01. The van der Waals surface area contributed by atoms with Crippen LogP contribution in [0.25, 0.3) is 11.4 Å². The Hall–Kier alpha value is -3.08. The number of ether oxygens (including phenoxy) is 2. The smallest absolute Gasteiger partial charge is 0.305 e. The number of nitrogens with one attached hydrogen (secondary N) is 1. The van der Waals surface area contributed by atoms with Gasteiger partial charge in [-0.2, -0.15) is 4.98 Å². The van der Waals surface area contributed by atoms with Gasteiger partial charge in [0.1, 0.15) is 0 Å². The SMILES string of the molecule is C=CC(O)OCCCCOC(=O)CCCN=C(NOCC)c1cccc(-c2noc(C)n2)c1. The second-order valence-electron chi connectivity index (χ2n) is 7.01. The lowest BCUT2D eigenvalue weighted by Crippen LogP contribution is -2.25. The van der Waals surface area contributed by atoms with E-state index in [9.17, 15) is 9.90 Å². The molecule has 0 saturated carbocycles. The summed E-state index contributed by atoms with van der Waals surface area (Å²) in [6, 6.07) is 7.55. The van der Waals surface area contributed by atoms with Crippen LogP contribution in [-0.4, -0.2) is 59.7 Å². The van der Waals surface area contributed by atoms with Crippen LogP contribution in [-0.2, 0) is 19.1 Å². The number of carbonyl (C=O) groups is 1. The summed E-state index contributed by atoms with van der Waals surface area (Å²) in [6.45, 7) is 8.60. The van der Waals surface area contributed by atoms with E-state index in [0.29, 0.717) is 63.2 Å². The lowest BCUT2D eigenvalue weighted by Gasteiger charge is -2.10. The van der Waals surface area contributed by atoms with Gasteiger partial charge in [-0.3, -0.25) is 14.6 Å². The number of benzene rings is 1. The topological polar surface area (TPSA) is 128 Å². The van der Waals surface area contributed by atoms with Crippen LogP contribution in [0.15, 0.2) is 46.4 Å². The number of rotatable bonds is 15. The molecule has 0 amide bonds. The number of esters is 1. The van der Waals surface area contributed by atoms with E-state index in [4.69, 9.17) is 18.8 Å². The summed E-state index contributed by atoms with van der Waals surface area (Å²) >= 11 is 0. The number of aliphatic hydroxyl groups is 1. The van der Waals surface area contributed by atoms with Crippen LogP contribution in [0.1, 0.15) is 44.1 Å². The molecule has 1 aromatic heterocycles. The molecule has 0 fully saturated rings. The van der Waals surface area contributed by atoms with Crippen molar-refractivity contribution in [1.29, 1.82) is 0 Å². The van der Waals surface area contributed by atoms with Gasteiger partial charge >= 0.3 is 5.97 Å². The first-order valence-electron chi connectivity index (χ1n) is 10.9. The summed E-state index contributed by atoms with van der Waals surface area (Å²) in [5.74, 6) is 1.26.